The zero-order chi connectivity index (χ0) is 19.3. The first kappa shape index (κ1) is 17.9. The molecule has 0 radical (unpaired) electrons. The lowest BCUT2D eigenvalue weighted by Gasteiger charge is -2.11. The summed E-state index contributed by atoms with van der Waals surface area (Å²) in [4.78, 5) is 9.15. The van der Waals surface area contributed by atoms with Gasteiger partial charge in [-0.2, -0.15) is 15.1 Å². The number of anilines is 3. The number of ether oxygens (including phenoxy) is 1. The van der Waals surface area contributed by atoms with Gasteiger partial charge in [0.25, 0.3) is 0 Å². The zero-order valence-corrected chi connectivity index (χ0v) is 15.3. The summed E-state index contributed by atoms with van der Waals surface area (Å²) in [5, 5.41) is 11.5. The number of aromatic nitrogens is 4. The molecule has 0 fully saturated rings. The average Bonchev–Trinajstić information content (AvgIpc) is 3.13. The van der Waals surface area contributed by atoms with Gasteiger partial charge < -0.3 is 15.4 Å². The molecule has 2 aromatic carbocycles. The van der Waals surface area contributed by atoms with Crippen molar-refractivity contribution in [2.24, 2.45) is 0 Å². The van der Waals surface area contributed by atoms with Crippen molar-refractivity contribution < 1.29 is 9.13 Å². The van der Waals surface area contributed by atoms with E-state index in [0.29, 0.717) is 36.3 Å². The van der Waals surface area contributed by atoms with Gasteiger partial charge in [0.05, 0.1) is 23.9 Å². The van der Waals surface area contributed by atoms with Gasteiger partial charge in [0, 0.05) is 19.3 Å². The lowest BCUT2D eigenvalue weighted by molar-refractivity contribution is 0.210. The van der Waals surface area contributed by atoms with E-state index in [4.69, 9.17) is 4.74 Å². The summed E-state index contributed by atoms with van der Waals surface area (Å²) in [6.07, 6.45) is 1.70. The second-order valence-corrected chi connectivity index (χ2v) is 6.08. The molecule has 2 N–H and O–H groups in total. The summed E-state index contributed by atoms with van der Waals surface area (Å²) >= 11 is 0. The van der Waals surface area contributed by atoms with Crippen molar-refractivity contribution in [1.29, 1.82) is 0 Å². The standard InChI is InChI=1S/C20H19FN6O/c1-28-11-10-22-20-25-18(24-15-7-5-6-14(21)12-15)17-13-23-27(19(17)26-20)16-8-3-2-4-9-16/h2-9,12-13H,10-11H2,1H3,(H2,22,24,25,26). The molecule has 0 aliphatic carbocycles. The predicted octanol–water partition coefficient (Wildman–Crippen LogP) is 3.76. The van der Waals surface area contributed by atoms with E-state index in [2.05, 4.69) is 25.7 Å². The van der Waals surface area contributed by atoms with Gasteiger partial charge in [0.1, 0.15) is 11.6 Å². The molecule has 2 heterocycles. The lowest BCUT2D eigenvalue weighted by atomic mass is 10.3. The maximum absolute atomic E-state index is 13.6. The minimum atomic E-state index is -0.325. The van der Waals surface area contributed by atoms with Crippen molar-refractivity contribution in [3.8, 4) is 5.69 Å². The molecule has 0 bridgehead atoms. The van der Waals surface area contributed by atoms with Crippen LogP contribution in [0.3, 0.4) is 0 Å². The number of hydrogen-bond acceptors (Lipinski definition) is 6. The third-order valence-electron chi connectivity index (χ3n) is 4.11. The highest BCUT2D eigenvalue weighted by Crippen LogP contribution is 2.27. The van der Waals surface area contributed by atoms with Gasteiger partial charge in [0.15, 0.2) is 5.65 Å². The van der Waals surface area contributed by atoms with Gasteiger partial charge in [-0.1, -0.05) is 24.3 Å². The highest BCUT2D eigenvalue weighted by atomic mass is 19.1. The summed E-state index contributed by atoms with van der Waals surface area (Å²) in [5.41, 5.74) is 2.12. The molecule has 0 aliphatic heterocycles. The molecule has 0 spiro atoms. The summed E-state index contributed by atoms with van der Waals surface area (Å²) < 4.78 is 20.4. The Morgan fingerprint density at radius 2 is 1.93 bits per heavy atom. The van der Waals surface area contributed by atoms with E-state index in [1.54, 1.807) is 30.1 Å². The smallest absolute Gasteiger partial charge is 0.226 e. The molecule has 0 saturated heterocycles. The monoisotopic (exact) mass is 378 g/mol. The Balaban J connectivity index is 1.79. The molecule has 4 aromatic rings. The number of fused-ring (bicyclic) bond motifs is 1. The van der Waals surface area contributed by atoms with Gasteiger partial charge in [0.2, 0.25) is 5.95 Å². The van der Waals surface area contributed by atoms with Crippen LogP contribution in [0.15, 0.2) is 60.8 Å². The van der Waals surface area contributed by atoms with E-state index in [0.717, 1.165) is 11.1 Å². The van der Waals surface area contributed by atoms with Crippen LogP contribution in [0, 0.1) is 5.82 Å². The normalized spacial score (nSPS) is 10.9. The van der Waals surface area contributed by atoms with Crippen LogP contribution < -0.4 is 10.6 Å². The number of nitrogens with one attached hydrogen (secondary N) is 2. The average molecular weight is 378 g/mol. The van der Waals surface area contributed by atoms with Crippen LogP contribution in [0.25, 0.3) is 16.7 Å². The van der Waals surface area contributed by atoms with Crippen molar-refractivity contribution in [2.45, 2.75) is 0 Å². The van der Waals surface area contributed by atoms with E-state index >= 15 is 0 Å². The Kier molecular flexibility index (Phi) is 5.11. The molecule has 28 heavy (non-hydrogen) atoms. The number of rotatable bonds is 7. The molecule has 8 heteroatoms. The minimum Gasteiger partial charge on any atom is -0.383 e. The first-order chi connectivity index (χ1) is 13.7. The van der Waals surface area contributed by atoms with Crippen molar-refractivity contribution in [1.82, 2.24) is 19.7 Å². The van der Waals surface area contributed by atoms with Crippen LogP contribution in [0.5, 0.6) is 0 Å². The Morgan fingerprint density at radius 1 is 1.07 bits per heavy atom. The third kappa shape index (κ3) is 3.77. The summed E-state index contributed by atoms with van der Waals surface area (Å²) in [6.45, 7) is 1.08. The topological polar surface area (TPSA) is 76.9 Å². The second kappa shape index (κ2) is 8.01. The number of nitrogens with zero attached hydrogens (tertiary/aromatic N) is 4. The first-order valence-electron chi connectivity index (χ1n) is 8.81. The molecule has 0 unspecified atom stereocenters. The van der Waals surface area contributed by atoms with Gasteiger partial charge in [-0.25, -0.2) is 9.07 Å². The van der Waals surface area contributed by atoms with Crippen LogP contribution >= 0.6 is 0 Å². The second-order valence-electron chi connectivity index (χ2n) is 6.08. The van der Waals surface area contributed by atoms with Crippen LogP contribution in [0.2, 0.25) is 0 Å². The highest BCUT2D eigenvalue weighted by molar-refractivity contribution is 5.90. The molecule has 0 atom stereocenters. The Morgan fingerprint density at radius 3 is 2.71 bits per heavy atom. The predicted molar refractivity (Wildman–Crippen MR) is 107 cm³/mol. The molecule has 142 valence electrons. The van der Waals surface area contributed by atoms with E-state index in [1.165, 1.54) is 12.1 Å². The SMILES string of the molecule is COCCNc1nc(Nc2cccc(F)c2)c2cnn(-c3ccccc3)c2n1. The lowest BCUT2D eigenvalue weighted by Crippen LogP contribution is -2.11. The van der Waals surface area contributed by atoms with Gasteiger partial charge in [-0.15, -0.1) is 0 Å². The van der Waals surface area contributed by atoms with Crippen molar-refractivity contribution in [2.75, 3.05) is 30.9 Å². The first-order valence-corrected chi connectivity index (χ1v) is 8.81. The van der Waals surface area contributed by atoms with E-state index in [-0.39, 0.29) is 5.82 Å². The summed E-state index contributed by atoms with van der Waals surface area (Å²) in [7, 11) is 1.63. The minimum absolute atomic E-state index is 0.325. The summed E-state index contributed by atoms with van der Waals surface area (Å²) in [6, 6.07) is 15.9. The Bertz CT molecular complexity index is 1080. The fourth-order valence-electron chi connectivity index (χ4n) is 2.81. The van der Waals surface area contributed by atoms with E-state index < -0.39 is 0 Å². The molecule has 4 rings (SSSR count). The molecular formula is C20H19FN6O. The number of methoxy groups -OCH3 is 1. The van der Waals surface area contributed by atoms with Crippen molar-refractivity contribution in [3.63, 3.8) is 0 Å². The van der Waals surface area contributed by atoms with Crippen molar-refractivity contribution in [3.05, 3.63) is 66.6 Å². The molecule has 0 saturated carbocycles. The summed E-state index contributed by atoms with van der Waals surface area (Å²) in [5.74, 6) is 0.646. The van der Waals surface area contributed by atoms with E-state index in [1.807, 2.05) is 30.3 Å². The molecule has 0 aliphatic rings. The molecule has 7 nitrogen and oxygen atoms in total. The fourth-order valence-corrected chi connectivity index (χ4v) is 2.81. The fraction of sp³-hybridized carbons (Fsp3) is 0.150. The molecule has 2 aromatic heterocycles. The van der Waals surface area contributed by atoms with Crippen LogP contribution in [0.1, 0.15) is 0 Å². The van der Waals surface area contributed by atoms with Crippen LogP contribution in [0.4, 0.5) is 21.8 Å². The Hall–Kier alpha value is -3.52. The zero-order valence-electron chi connectivity index (χ0n) is 15.3. The quantitative estimate of drug-likeness (QED) is 0.477. The van der Waals surface area contributed by atoms with Crippen molar-refractivity contribution >= 4 is 28.5 Å². The number of hydrogen-bond donors (Lipinski definition) is 2. The van der Waals surface area contributed by atoms with Gasteiger partial charge in [-0.3, -0.25) is 0 Å². The Labute approximate surface area is 161 Å². The molecular weight excluding hydrogens is 359 g/mol. The van der Waals surface area contributed by atoms with E-state index in [9.17, 15) is 4.39 Å². The number of halogens is 1. The number of benzene rings is 2. The van der Waals surface area contributed by atoms with Gasteiger partial charge >= 0.3 is 0 Å². The highest BCUT2D eigenvalue weighted by Gasteiger charge is 2.14. The number of para-hydroxylation sites is 1. The van der Waals surface area contributed by atoms with Gasteiger partial charge in [-0.05, 0) is 30.3 Å². The molecule has 0 amide bonds. The maximum atomic E-state index is 13.6. The largest absolute Gasteiger partial charge is 0.383 e. The van der Waals surface area contributed by atoms with Crippen LogP contribution in [-0.4, -0.2) is 40.0 Å². The third-order valence-corrected chi connectivity index (χ3v) is 4.11. The maximum Gasteiger partial charge on any atom is 0.226 e. The van der Waals surface area contributed by atoms with Crippen LogP contribution in [-0.2, 0) is 4.74 Å².